The number of hydrogen-bond donors (Lipinski definition) is 1. The maximum atomic E-state index is 14.6. The number of nitrogens with zero attached hydrogens (tertiary/aromatic N) is 2. The number of aryl methyl sites for hydroxylation is 1. The number of halogens is 4. The smallest absolute Gasteiger partial charge is 0.352 e. The van der Waals surface area contributed by atoms with Crippen molar-refractivity contribution in [2.24, 2.45) is 0 Å². The van der Waals surface area contributed by atoms with Crippen LogP contribution in [0.15, 0.2) is 108 Å². The quantitative estimate of drug-likeness (QED) is 0.164. The molecule has 0 spiro atoms. The second-order valence-electron chi connectivity index (χ2n) is 12.2. The molecular formula is C37H37ClF3N3O4S. The van der Waals surface area contributed by atoms with Crippen molar-refractivity contribution in [3.63, 3.8) is 0 Å². The molecule has 4 aromatic rings. The number of carbonyl (C=O) groups excluding carboxylic acids is 2. The van der Waals surface area contributed by atoms with Crippen molar-refractivity contribution in [2.75, 3.05) is 10.8 Å². The Kier molecular flexibility index (Phi) is 11.3. The van der Waals surface area contributed by atoms with Crippen LogP contribution in [0.5, 0.6) is 0 Å². The van der Waals surface area contributed by atoms with E-state index < -0.39 is 51.9 Å². The summed E-state index contributed by atoms with van der Waals surface area (Å²) in [5.74, 6) is -1.19. The predicted molar refractivity (Wildman–Crippen MR) is 183 cm³/mol. The van der Waals surface area contributed by atoms with Gasteiger partial charge < -0.3 is 10.2 Å². The van der Waals surface area contributed by atoms with Crippen molar-refractivity contribution in [1.82, 2.24) is 10.2 Å². The average molecular weight is 712 g/mol. The molecule has 0 aliphatic heterocycles. The zero-order valence-corrected chi connectivity index (χ0v) is 28.4. The average Bonchev–Trinajstić information content (AvgIpc) is 3.59. The first kappa shape index (κ1) is 35.9. The molecule has 1 saturated carbocycles. The normalized spacial score (nSPS) is 14.3. The summed E-state index contributed by atoms with van der Waals surface area (Å²) in [6.45, 7) is 0.894. The van der Waals surface area contributed by atoms with Crippen LogP contribution in [0.25, 0.3) is 0 Å². The molecule has 49 heavy (non-hydrogen) atoms. The van der Waals surface area contributed by atoms with Gasteiger partial charge in [-0.3, -0.25) is 13.9 Å². The highest BCUT2D eigenvalue weighted by Crippen LogP contribution is 2.37. The summed E-state index contributed by atoms with van der Waals surface area (Å²) in [4.78, 5) is 29.8. The maximum Gasteiger partial charge on any atom is 0.416 e. The zero-order chi connectivity index (χ0) is 35.2. The minimum Gasteiger partial charge on any atom is -0.352 e. The molecule has 2 amide bonds. The fourth-order valence-corrected chi connectivity index (χ4v) is 7.76. The number of anilines is 1. The first-order valence-corrected chi connectivity index (χ1v) is 17.8. The number of alkyl halides is 3. The van der Waals surface area contributed by atoms with Gasteiger partial charge in [0.15, 0.2) is 0 Å². The monoisotopic (exact) mass is 711 g/mol. The van der Waals surface area contributed by atoms with Gasteiger partial charge in [0.1, 0.15) is 12.6 Å². The minimum absolute atomic E-state index is 0.0638. The topological polar surface area (TPSA) is 86.8 Å². The fourth-order valence-electron chi connectivity index (χ4n) is 6.04. The molecule has 0 bridgehead atoms. The van der Waals surface area contributed by atoms with Crippen molar-refractivity contribution in [3.8, 4) is 0 Å². The van der Waals surface area contributed by atoms with Gasteiger partial charge in [-0.2, -0.15) is 13.2 Å². The second kappa shape index (κ2) is 15.5. The first-order valence-electron chi connectivity index (χ1n) is 16.0. The fraction of sp³-hybridized carbons (Fsp3) is 0.297. The highest BCUT2D eigenvalue weighted by atomic mass is 35.5. The Hall–Kier alpha value is -4.35. The van der Waals surface area contributed by atoms with Crippen molar-refractivity contribution in [2.45, 2.75) is 68.7 Å². The van der Waals surface area contributed by atoms with Crippen molar-refractivity contribution in [3.05, 3.63) is 130 Å². The molecule has 1 aliphatic carbocycles. The molecular weight excluding hydrogens is 675 g/mol. The Morgan fingerprint density at radius 3 is 2.14 bits per heavy atom. The SMILES string of the molecule is Cc1cccc(CN(C(=O)CN(c2cc(C(F)(F)F)ccc2Cl)S(=O)(=O)c2ccccc2)[C@@H](Cc2ccccc2)C(=O)NC2CCCC2)c1. The van der Waals surface area contributed by atoms with Crippen molar-refractivity contribution in [1.29, 1.82) is 0 Å². The lowest BCUT2D eigenvalue weighted by Crippen LogP contribution is -2.54. The third-order valence-corrected chi connectivity index (χ3v) is 10.7. The Morgan fingerprint density at radius 1 is 0.878 bits per heavy atom. The van der Waals surface area contributed by atoms with Crippen LogP contribution < -0.4 is 9.62 Å². The summed E-state index contributed by atoms with van der Waals surface area (Å²) >= 11 is 6.40. The molecule has 5 rings (SSSR count). The predicted octanol–water partition coefficient (Wildman–Crippen LogP) is 7.56. The second-order valence-corrected chi connectivity index (χ2v) is 14.5. The number of carbonyl (C=O) groups is 2. The van der Waals surface area contributed by atoms with E-state index in [1.54, 1.807) is 12.1 Å². The van der Waals surface area contributed by atoms with Crippen LogP contribution in [-0.2, 0) is 38.8 Å². The van der Waals surface area contributed by atoms with E-state index in [9.17, 15) is 31.2 Å². The van der Waals surface area contributed by atoms with Crippen LogP contribution in [-0.4, -0.2) is 43.8 Å². The van der Waals surface area contributed by atoms with Crippen molar-refractivity contribution < 1.29 is 31.2 Å². The lowest BCUT2D eigenvalue weighted by Gasteiger charge is -2.34. The standard InChI is InChI=1S/C37H37ClF3N3O4S/c1-26-11-10-14-28(21-26)24-43(34(22-27-12-4-2-5-13-27)36(46)42-30-15-8-9-16-30)35(45)25-44(49(47,48)31-17-6-3-7-18-31)33-23-29(37(39,40)41)19-20-32(33)38/h2-7,10-14,17-21,23,30,34H,8-9,15-16,22,24-25H2,1H3,(H,42,46)/t34-/m0/s1. The van der Waals surface area contributed by atoms with Gasteiger partial charge in [0.25, 0.3) is 10.0 Å². The molecule has 0 heterocycles. The molecule has 0 aromatic heterocycles. The van der Waals surface area contributed by atoms with Gasteiger partial charge in [0.05, 0.1) is 21.2 Å². The maximum absolute atomic E-state index is 14.6. The van der Waals surface area contributed by atoms with Crippen molar-refractivity contribution >= 4 is 39.1 Å². The molecule has 258 valence electrons. The number of benzene rings is 4. The van der Waals surface area contributed by atoms with Gasteiger partial charge in [-0.15, -0.1) is 0 Å². The molecule has 4 aromatic carbocycles. The Balaban J connectivity index is 1.62. The molecule has 1 aliphatic rings. The zero-order valence-electron chi connectivity index (χ0n) is 26.9. The number of amides is 2. The molecule has 1 atom stereocenters. The lowest BCUT2D eigenvalue weighted by atomic mass is 10.0. The van der Waals surface area contributed by atoms with Gasteiger partial charge in [-0.1, -0.05) is 103 Å². The summed E-state index contributed by atoms with van der Waals surface area (Å²) in [6, 6.07) is 24.7. The molecule has 0 unspecified atom stereocenters. The third-order valence-electron chi connectivity index (χ3n) is 8.56. The summed E-state index contributed by atoms with van der Waals surface area (Å²) in [5.41, 5.74) is 0.714. The van der Waals surface area contributed by atoms with E-state index in [2.05, 4.69) is 5.32 Å². The largest absolute Gasteiger partial charge is 0.416 e. The van der Waals surface area contributed by atoms with Gasteiger partial charge in [-0.05, 0) is 61.2 Å². The van der Waals surface area contributed by atoms with E-state index in [4.69, 9.17) is 11.6 Å². The van der Waals surface area contributed by atoms with Crippen LogP contribution in [0.1, 0.15) is 47.9 Å². The van der Waals surface area contributed by atoms with Crippen LogP contribution in [0, 0.1) is 6.92 Å². The van der Waals surface area contributed by atoms with E-state index in [0.717, 1.165) is 48.9 Å². The van der Waals surface area contributed by atoms with E-state index in [0.29, 0.717) is 15.9 Å². The van der Waals surface area contributed by atoms with Gasteiger partial charge in [0, 0.05) is 19.0 Å². The molecule has 0 saturated heterocycles. The minimum atomic E-state index is -4.82. The van der Waals surface area contributed by atoms with Crippen LogP contribution in [0.2, 0.25) is 5.02 Å². The Labute approximate surface area is 289 Å². The molecule has 7 nitrogen and oxygen atoms in total. The Morgan fingerprint density at radius 2 is 1.51 bits per heavy atom. The van der Waals surface area contributed by atoms with E-state index in [1.807, 2.05) is 55.5 Å². The number of hydrogen-bond acceptors (Lipinski definition) is 4. The summed E-state index contributed by atoms with van der Waals surface area (Å²) in [5, 5.41) is 2.79. The van der Waals surface area contributed by atoms with Gasteiger partial charge in [0.2, 0.25) is 11.8 Å². The molecule has 0 radical (unpaired) electrons. The van der Waals surface area contributed by atoms with Crippen LogP contribution in [0.4, 0.5) is 18.9 Å². The highest BCUT2D eigenvalue weighted by molar-refractivity contribution is 7.92. The molecule has 1 N–H and O–H groups in total. The van der Waals surface area contributed by atoms with E-state index in [1.165, 1.54) is 29.2 Å². The van der Waals surface area contributed by atoms with Gasteiger partial charge >= 0.3 is 6.18 Å². The summed E-state index contributed by atoms with van der Waals surface area (Å²) in [7, 11) is -4.64. The Bertz CT molecular complexity index is 1870. The highest BCUT2D eigenvalue weighted by Gasteiger charge is 2.38. The van der Waals surface area contributed by atoms with E-state index >= 15 is 0 Å². The molecule has 1 fully saturated rings. The summed E-state index contributed by atoms with van der Waals surface area (Å²) in [6.07, 6.45) is -1.18. The number of rotatable bonds is 12. The molecule has 12 heteroatoms. The number of sulfonamides is 1. The van der Waals surface area contributed by atoms with Gasteiger partial charge in [-0.25, -0.2) is 8.42 Å². The third kappa shape index (κ3) is 9.01. The first-order chi connectivity index (χ1) is 23.3. The summed E-state index contributed by atoms with van der Waals surface area (Å²) < 4.78 is 70.6. The lowest BCUT2D eigenvalue weighted by molar-refractivity contribution is -0.140. The van der Waals surface area contributed by atoms with Crippen LogP contribution in [0.3, 0.4) is 0 Å². The number of nitrogens with one attached hydrogen (secondary N) is 1. The van der Waals surface area contributed by atoms with Crippen LogP contribution >= 0.6 is 11.6 Å². The van der Waals surface area contributed by atoms with E-state index in [-0.39, 0.29) is 28.9 Å².